The Morgan fingerprint density at radius 1 is 1.17 bits per heavy atom. The quantitative estimate of drug-likeness (QED) is 0.922. The number of aromatic nitrogens is 1. The van der Waals surface area contributed by atoms with Crippen molar-refractivity contribution in [3.05, 3.63) is 63.4 Å². The van der Waals surface area contributed by atoms with Gasteiger partial charge in [0.15, 0.2) is 0 Å². The minimum absolute atomic E-state index is 0.645. The van der Waals surface area contributed by atoms with E-state index < -0.39 is 6.10 Å². The summed E-state index contributed by atoms with van der Waals surface area (Å²) in [5.74, 6) is 0. The van der Waals surface area contributed by atoms with Gasteiger partial charge in [-0.2, -0.15) is 0 Å². The number of hydrogen-bond donors (Lipinski definition) is 1. The number of hydrogen-bond acceptors (Lipinski definition) is 2. The van der Waals surface area contributed by atoms with Crippen LogP contribution in [-0.4, -0.2) is 10.1 Å². The molecule has 1 aromatic heterocycles. The highest BCUT2D eigenvalue weighted by molar-refractivity contribution is 9.10. The van der Waals surface area contributed by atoms with Gasteiger partial charge in [0.2, 0.25) is 0 Å². The minimum atomic E-state index is -0.645. The Labute approximate surface area is 115 Å². The first-order chi connectivity index (χ1) is 8.74. The number of aliphatic hydroxyl groups is 1. The van der Waals surface area contributed by atoms with Crippen LogP contribution in [0.1, 0.15) is 34.9 Å². The van der Waals surface area contributed by atoms with Crippen LogP contribution in [0.3, 0.4) is 0 Å². The molecule has 0 saturated heterocycles. The summed E-state index contributed by atoms with van der Waals surface area (Å²) in [6.45, 7) is 0. The van der Waals surface area contributed by atoms with Crippen LogP contribution in [0.2, 0.25) is 0 Å². The number of aliphatic hydroxyl groups excluding tert-OH is 1. The summed E-state index contributed by atoms with van der Waals surface area (Å²) in [4.78, 5) is 4.39. The number of fused-ring (bicyclic) bond motifs is 1. The molecule has 1 unspecified atom stereocenters. The van der Waals surface area contributed by atoms with Crippen LogP contribution in [0.4, 0.5) is 0 Å². The SMILES string of the molecule is OC(c1cccc(Br)c1)c1cc2c(cn1)CCC2. The summed E-state index contributed by atoms with van der Waals surface area (Å²) in [5, 5.41) is 10.4. The summed E-state index contributed by atoms with van der Waals surface area (Å²) < 4.78 is 0.972. The molecule has 2 aromatic rings. The lowest BCUT2D eigenvalue weighted by molar-refractivity contribution is 0.215. The van der Waals surface area contributed by atoms with E-state index in [2.05, 4.69) is 20.9 Å². The first-order valence-corrected chi connectivity index (χ1v) is 6.94. The number of nitrogens with zero attached hydrogens (tertiary/aromatic N) is 1. The van der Waals surface area contributed by atoms with E-state index in [4.69, 9.17) is 0 Å². The van der Waals surface area contributed by atoms with Crippen molar-refractivity contribution in [1.82, 2.24) is 4.98 Å². The van der Waals surface area contributed by atoms with Gasteiger partial charge in [-0.05, 0) is 54.2 Å². The Bertz CT molecular complexity index is 582. The zero-order valence-electron chi connectivity index (χ0n) is 9.94. The summed E-state index contributed by atoms with van der Waals surface area (Å²) in [7, 11) is 0. The first kappa shape index (κ1) is 11.9. The van der Waals surface area contributed by atoms with Crippen molar-refractivity contribution in [3.63, 3.8) is 0 Å². The first-order valence-electron chi connectivity index (χ1n) is 6.15. The van der Waals surface area contributed by atoms with Gasteiger partial charge in [0.05, 0.1) is 5.69 Å². The molecule has 1 aliphatic rings. The molecule has 0 spiro atoms. The van der Waals surface area contributed by atoms with Crippen LogP contribution in [0.15, 0.2) is 41.0 Å². The van der Waals surface area contributed by atoms with Gasteiger partial charge in [-0.25, -0.2) is 0 Å². The van der Waals surface area contributed by atoms with Gasteiger partial charge < -0.3 is 5.11 Å². The van der Waals surface area contributed by atoms with E-state index >= 15 is 0 Å². The maximum atomic E-state index is 10.4. The predicted octanol–water partition coefficient (Wildman–Crippen LogP) is 3.41. The van der Waals surface area contributed by atoms with Crippen LogP contribution in [0.25, 0.3) is 0 Å². The van der Waals surface area contributed by atoms with Gasteiger partial charge in [0, 0.05) is 10.7 Å². The Hall–Kier alpha value is -1.19. The summed E-state index contributed by atoms with van der Waals surface area (Å²) in [5.41, 5.74) is 4.29. The third-order valence-corrected chi connectivity index (χ3v) is 3.93. The Morgan fingerprint density at radius 3 is 2.83 bits per heavy atom. The molecule has 3 heteroatoms. The molecule has 1 aliphatic carbocycles. The molecule has 2 nitrogen and oxygen atoms in total. The lowest BCUT2D eigenvalue weighted by Crippen LogP contribution is -2.03. The number of rotatable bonds is 2. The normalized spacial score (nSPS) is 15.4. The Balaban J connectivity index is 1.95. The smallest absolute Gasteiger partial charge is 0.121 e. The highest BCUT2D eigenvalue weighted by Gasteiger charge is 2.17. The summed E-state index contributed by atoms with van der Waals surface area (Å²) >= 11 is 3.42. The van der Waals surface area contributed by atoms with Crippen LogP contribution in [-0.2, 0) is 12.8 Å². The third kappa shape index (κ3) is 2.20. The van der Waals surface area contributed by atoms with E-state index in [1.807, 2.05) is 36.5 Å². The third-order valence-electron chi connectivity index (χ3n) is 3.44. The topological polar surface area (TPSA) is 33.1 Å². The molecule has 1 N–H and O–H groups in total. The largest absolute Gasteiger partial charge is 0.382 e. The lowest BCUT2D eigenvalue weighted by atomic mass is 10.0. The molecule has 3 rings (SSSR count). The molecule has 0 amide bonds. The fourth-order valence-corrected chi connectivity index (χ4v) is 2.88. The maximum absolute atomic E-state index is 10.4. The summed E-state index contributed by atoms with van der Waals surface area (Å²) in [6, 6.07) is 9.78. The van der Waals surface area contributed by atoms with E-state index in [-0.39, 0.29) is 0 Å². The number of aryl methyl sites for hydroxylation is 2. The average molecular weight is 304 g/mol. The lowest BCUT2D eigenvalue weighted by Gasteiger charge is -2.12. The Morgan fingerprint density at radius 2 is 2.00 bits per heavy atom. The van der Waals surface area contributed by atoms with Crippen molar-refractivity contribution in [2.24, 2.45) is 0 Å². The minimum Gasteiger partial charge on any atom is -0.382 e. The monoisotopic (exact) mass is 303 g/mol. The highest BCUT2D eigenvalue weighted by atomic mass is 79.9. The molecule has 0 fully saturated rings. The Kier molecular flexibility index (Phi) is 3.18. The fourth-order valence-electron chi connectivity index (χ4n) is 2.47. The molecule has 0 bridgehead atoms. The molecule has 0 saturated carbocycles. The zero-order valence-corrected chi connectivity index (χ0v) is 11.5. The van der Waals surface area contributed by atoms with Crippen LogP contribution >= 0.6 is 15.9 Å². The second-order valence-corrected chi connectivity index (χ2v) is 5.60. The number of pyridine rings is 1. The molecule has 92 valence electrons. The van der Waals surface area contributed by atoms with Gasteiger partial charge in [-0.3, -0.25) is 4.98 Å². The van der Waals surface area contributed by atoms with Gasteiger partial charge >= 0.3 is 0 Å². The van der Waals surface area contributed by atoms with Gasteiger partial charge in [0.1, 0.15) is 6.10 Å². The van der Waals surface area contributed by atoms with Crippen molar-refractivity contribution in [1.29, 1.82) is 0 Å². The molecule has 1 aromatic carbocycles. The van der Waals surface area contributed by atoms with Crippen LogP contribution < -0.4 is 0 Å². The second kappa shape index (κ2) is 4.82. The van der Waals surface area contributed by atoms with E-state index in [9.17, 15) is 5.11 Å². The number of halogens is 1. The molecular formula is C15H14BrNO. The number of benzene rings is 1. The van der Waals surface area contributed by atoms with E-state index in [1.54, 1.807) is 0 Å². The van der Waals surface area contributed by atoms with Crippen molar-refractivity contribution in [2.75, 3.05) is 0 Å². The van der Waals surface area contributed by atoms with Crippen molar-refractivity contribution in [3.8, 4) is 0 Å². The molecule has 1 atom stereocenters. The molecule has 18 heavy (non-hydrogen) atoms. The van der Waals surface area contributed by atoms with E-state index in [0.29, 0.717) is 0 Å². The molecular weight excluding hydrogens is 290 g/mol. The van der Waals surface area contributed by atoms with Crippen molar-refractivity contribution >= 4 is 15.9 Å². The molecule has 1 heterocycles. The molecule has 0 radical (unpaired) electrons. The summed E-state index contributed by atoms with van der Waals surface area (Å²) in [6.07, 6.45) is 4.70. The fraction of sp³-hybridized carbons (Fsp3) is 0.267. The molecule has 0 aliphatic heterocycles. The second-order valence-electron chi connectivity index (χ2n) is 4.69. The maximum Gasteiger partial charge on any atom is 0.121 e. The van der Waals surface area contributed by atoms with Gasteiger partial charge in [-0.1, -0.05) is 28.1 Å². The van der Waals surface area contributed by atoms with E-state index in [1.165, 1.54) is 17.5 Å². The average Bonchev–Trinajstić information content (AvgIpc) is 2.85. The van der Waals surface area contributed by atoms with Crippen molar-refractivity contribution < 1.29 is 5.11 Å². The predicted molar refractivity (Wildman–Crippen MR) is 74.5 cm³/mol. The van der Waals surface area contributed by atoms with Gasteiger partial charge in [-0.15, -0.1) is 0 Å². The van der Waals surface area contributed by atoms with Crippen LogP contribution in [0.5, 0.6) is 0 Å². The standard InChI is InChI=1S/C15H14BrNO/c16-13-6-2-4-11(7-13)15(18)14-8-10-3-1-5-12(10)9-17-14/h2,4,6-9,15,18H,1,3,5H2. The zero-order chi connectivity index (χ0) is 12.5. The van der Waals surface area contributed by atoms with Gasteiger partial charge in [0.25, 0.3) is 0 Å². The van der Waals surface area contributed by atoms with Crippen molar-refractivity contribution in [2.45, 2.75) is 25.4 Å². The highest BCUT2D eigenvalue weighted by Crippen LogP contribution is 2.27. The van der Waals surface area contributed by atoms with Crippen LogP contribution in [0, 0.1) is 0 Å². The van der Waals surface area contributed by atoms with E-state index in [0.717, 1.165) is 28.6 Å².